The molecule has 1 saturated heterocycles. The number of halogens is 3. The number of sulfonamides is 1. The van der Waals surface area contributed by atoms with Crippen LogP contribution in [0.3, 0.4) is 0 Å². The van der Waals surface area contributed by atoms with Crippen molar-refractivity contribution >= 4 is 15.7 Å². The molecule has 1 aliphatic rings. The summed E-state index contributed by atoms with van der Waals surface area (Å²) in [6, 6.07) is 12.3. The number of benzene rings is 2. The number of hydrogen-bond donors (Lipinski definition) is 1. The number of piperazine rings is 1. The Labute approximate surface area is 167 Å². The van der Waals surface area contributed by atoms with Crippen molar-refractivity contribution in [2.45, 2.75) is 11.1 Å². The molecule has 0 aliphatic carbocycles. The van der Waals surface area contributed by atoms with Gasteiger partial charge < -0.3 is 9.64 Å². The molecule has 2 aromatic rings. The van der Waals surface area contributed by atoms with Gasteiger partial charge in [-0.15, -0.1) is 0 Å². The molecular formula is C19H22F3N3O3S. The van der Waals surface area contributed by atoms with Crippen LogP contribution in [0.2, 0.25) is 0 Å². The van der Waals surface area contributed by atoms with E-state index >= 15 is 0 Å². The maximum atomic E-state index is 13.5. The van der Waals surface area contributed by atoms with Crippen molar-refractivity contribution < 1.29 is 26.3 Å². The van der Waals surface area contributed by atoms with Crippen LogP contribution in [0.15, 0.2) is 53.4 Å². The lowest BCUT2D eigenvalue weighted by molar-refractivity contribution is -0.137. The minimum atomic E-state index is -4.68. The van der Waals surface area contributed by atoms with Crippen molar-refractivity contribution in [3.63, 3.8) is 0 Å². The number of alkyl halides is 3. The number of ether oxygens (including phenoxy) is 1. The van der Waals surface area contributed by atoms with E-state index in [0.29, 0.717) is 45.4 Å². The van der Waals surface area contributed by atoms with Crippen LogP contribution >= 0.6 is 0 Å². The number of primary sulfonamides is 1. The summed E-state index contributed by atoms with van der Waals surface area (Å²) >= 11 is 0. The van der Waals surface area contributed by atoms with Gasteiger partial charge in [0.15, 0.2) is 0 Å². The molecule has 3 rings (SSSR count). The molecule has 158 valence electrons. The van der Waals surface area contributed by atoms with Crippen LogP contribution in [0.25, 0.3) is 0 Å². The van der Waals surface area contributed by atoms with E-state index in [0.717, 1.165) is 11.8 Å². The van der Waals surface area contributed by atoms with Gasteiger partial charge in [-0.2, -0.15) is 13.2 Å². The van der Waals surface area contributed by atoms with Crippen molar-refractivity contribution in [1.82, 2.24) is 4.90 Å². The monoisotopic (exact) mass is 429 g/mol. The van der Waals surface area contributed by atoms with E-state index in [1.807, 2.05) is 30.3 Å². The Balaban J connectivity index is 1.63. The topological polar surface area (TPSA) is 75.9 Å². The molecule has 1 fully saturated rings. The Bertz CT molecular complexity index is 929. The minimum Gasteiger partial charge on any atom is -0.492 e. The Morgan fingerprint density at radius 1 is 1.00 bits per heavy atom. The molecule has 1 heterocycles. The molecule has 29 heavy (non-hydrogen) atoms. The summed E-state index contributed by atoms with van der Waals surface area (Å²) in [5.41, 5.74) is -1.03. The lowest BCUT2D eigenvalue weighted by Gasteiger charge is -2.37. The summed E-state index contributed by atoms with van der Waals surface area (Å²) in [4.78, 5) is 3.18. The van der Waals surface area contributed by atoms with Gasteiger partial charge in [-0.1, -0.05) is 18.2 Å². The fourth-order valence-electron chi connectivity index (χ4n) is 3.22. The molecule has 0 aromatic heterocycles. The predicted molar refractivity (Wildman–Crippen MR) is 103 cm³/mol. The van der Waals surface area contributed by atoms with Gasteiger partial charge in [-0.3, -0.25) is 4.90 Å². The highest BCUT2D eigenvalue weighted by molar-refractivity contribution is 7.89. The Morgan fingerprint density at radius 3 is 2.24 bits per heavy atom. The molecule has 0 saturated carbocycles. The first-order valence-electron chi connectivity index (χ1n) is 9.04. The Hall–Kier alpha value is -2.30. The van der Waals surface area contributed by atoms with Crippen LogP contribution in [-0.4, -0.2) is 52.6 Å². The van der Waals surface area contributed by atoms with E-state index in [9.17, 15) is 21.6 Å². The predicted octanol–water partition coefficient (Wildman–Crippen LogP) is 2.55. The second-order valence-electron chi connectivity index (χ2n) is 6.71. The smallest absolute Gasteiger partial charge is 0.418 e. The van der Waals surface area contributed by atoms with Gasteiger partial charge in [0.2, 0.25) is 10.0 Å². The van der Waals surface area contributed by atoms with E-state index in [-0.39, 0.29) is 5.69 Å². The molecule has 0 bridgehead atoms. The molecular weight excluding hydrogens is 407 g/mol. The SMILES string of the molecule is NS(=O)(=O)c1ccc(N2CCN(CCOc3ccccc3)CC2)c(C(F)(F)F)c1. The number of nitrogens with two attached hydrogens (primary N) is 1. The van der Waals surface area contributed by atoms with Crippen LogP contribution in [0.4, 0.5) is 18.9 Å². The first-order valence-corrected chi connectivity index (χ1v) is 10.6. The number of anilines is 1. The zero-order chi connectivity index (χ0) is 21.1. The third kappa shape index (κ3) is 5.62. The summed E-state index contributed by atoms with van der Waals surface area (Å²) in [6.07, 6.45) is -4.68. The highest BCUT2D eigenvalue weighted by Crippen LogP contribution is 2.38. The maximum Gasteiger partial charge on any atom is 0.418 e. The molecule has 0 spiro atoms. The first-order chi connectivity index (χ1) is 13.6. The molecule has 2 N–H and O–H groups in total. The number of nitrogens with zero attached hydrogens (tertiary/aromatic N) is 2. The van der Waals surface area contributed by atoms with Crippen molar-refractivity contribution in [2.24, 2.45) is 5.14 Å². The van der Waals surface area contributed by atoms with Crippen LogP contribution in [0.5, 0.6) is 5.75 Å². The third-order valence-electron chi connectivity index (χ3n) is 4.73. The van der Waals surface area contributed by atoms with Crippen LogP contribution in [-0.2, 0) is 16.2 Å². The summed E-state index contributed by atoms with van der Waals surface area (Å²) in [5.74, 6) is 0.774. The molecule has 0 amide bonds. The zero-order valence-electron chi connectivity index (χ0n) is 15.6. The fourth-order valence-corrected chi connectivity index (χ4v) is 3.76. The third-order valence-corrected chi connectivity index (χ3v) is 5.65. The Morgan fingerprint density at radius 2 is 1.66 bits per heavy atom. The first kappa shape index (κ1) is 21.4. The molecule has 1 aliphatic heterocycles. The average molecular weight is 429 g/mol. The zero-order valence-corrected chi connectivity index (χ0v) is 16.4. The van der Waals surface area contributed by atoms with Gasteiger partial charge >= 0.3 is 6.18 Å². The second kappa shape index (κ2) is 8.60. The highest BCUT2D eigenvalue weighted by atomic mass is 32.2. The molecule has 0 radical (unpaired) electrons. The van der Waals surface area contributed by atoms with Gasteiger partial charge in [0, 0.05) is 38.4 Å². The van der Waals surface area contributed by atoms with Crippen molar-refractivity contribution in [1.29, 1.82) is 0 Å². The molecule has 0 atom stereocenters. The normalized spacial score (nSPS) is 16.1. The number of hydrogen-bond acceptors (Lipinski definition) is 5. The van der Waals surface area contributed by atoms with Crippen molar-refractivity contribution in [3.8, 4) is 5.75 Å². The second-order valence-corrected chi connectivity index (χ2v) is 8.27. The number of rotatable bonds is 6. The lowest BCUT2D eigenvalue weighted by atomic mass is 10.1. The number of para-hydroxylation sites is 1. The van der Waals surface area contributed by atoms with Gasteiger partial charge in [-0.05, 0) is 30.3 Å². The van der Waals surface area contributed by atoms with E-state index in [4.69, 9.17) is 9.88 Å². The molecule has 10 heteroatoms. The van der Waals surface area contributed by atoms with Crippen LogP contribution in [0.1, 0.15) is 5.56 Å². The quantitative estimate of drug-likeness (QED) is 0.764. The molecule has 2 aromatic carbocycles. The maximum absolute atomic E-state index is 13.5. The van der Waals surface area contributed by atoms with E-state index in [1.165, 1.54) is 6.07 Å². The van der Waals surface area contributed by atoms with Gasteiger partial charge in [0.05, 0.1) is 10.5 Å². The molecule has 6 nitrogen and oxygen atoms in total. The summed E-state index contributed by atoms with van der Waals surface area (Å²) in [5, 5.41) is 4.98. The molecule has 0 unspecified atom stereocenters. The van der Waals surface area contributed by atoms with Crippen molar-refractivity contribution in [2.75, 3.05) is 44.2 Å². The fraction of sp³-hybridized carbons (Fsp3) is 0.368. The summed E-state index contributed by atoms with van der Waals surface area (Å²) in [6.45, 7) is 3.09. The summed E-state index contributed by atoms with van der Waals surface area (Å²) in [7, 11) is -4.22. The minimum absolute atomic E-state index is 0.0370. The van der Waals surface area contributed by atoms with Crippen LogP contribution in [0, 0.1) is 0 Å². The lowest BCUT2D eigenvalue weighted by Crippen LogP contribution is -2.48. The van der Waals surface area contributed by atoms with E-state index < -0.39 is 26.7 Å². The summed E-state index contributed by atoms with van der Waals surface area (Å²) < 4.78 is 69.0. The standard InChI is InChI=1S/C19H22F3N3O3S/c20-19(21,22)17-14-16(29(23,26)27)6-7-18(17)25-10-8-24(9-11-25)12-13-28-15-4-2-1-3-5-15/h1-7,14H,8-13H2,(H2,23,26,27). The average Bonchev–Trinajstić information content (AvgIpc) is 2.67. The highest BCUT2D eigenvalue weighted by Gasteiger charge is 2.36. The van der Waals surface area contributed by atoms with Gasteiger partial charge in [-0.25, -0.2) is 13.6 Å². The van der Waals surface area contributed by atoms with E-state index in [2.05, 4.69) is 4.90 Å². The Kier molecular flexibility index (Phi) is 6.35. The van der Waals surface area contributed by atoms with Gasteiger partial charge in [0.1, 0.15) is 12.4 Å². The largest absolute Gasteiger partial charge is 0.492 e. The van der Waals surface area contributed by atoms with Crippen molar-refractivity contribution in [3.05, 3.63) is 54.1 Å². The van der Waals surface area contributed by atoms with Gasteiger partial charge in [0.25, 0.3) is 0 Å². The van der Waals surface area contributed by atoms with Crippen LogP contribution < -0.4 is 14.8 Å². The van der Waals surface area contributed by atoms with E-state index in [1.54, 1.807) is 4.90 Å².